The third-order valence-corrected chi connectivity index (χ3v) is 6.74. The molecule has 0 aliphatic carbocycles. The Balaban J connectivity index is 1.56. The van der Waals surface area contributed by atoms with Crippen LogP contribution in [-0.2, 0) is 9.74 Å². The molecule has 39 heavy (non-hydrogen) atoms. The van der Waals surface area contributed by atoms with Crippen LogP contribution in [0, 0.1) is 12.8 Å². The van der Waals surface area contributed by atoms with Crippen molar-refractivity contribution in [2.24, 2.45) is 5.92 Å². The number of benzene rings is 2. The second-order valence-corrected chi connectivity index (χ2v) is 9.73. The van der Waals surface area contributed by atoms with E-state index in [1.807, 2.05) is 36.4 Å². The number of pyridine rings is 1. The van der Waals surface area contributed by atoms with Crippen molar-refractivity contribution in [1.29, 1.82) is 0 Å². The van der Waals surface area contributed by atoms with Gasteiger partial charge in [-0.1, -0.05) is 19.9 Å². The average Bonchev–Trinajstić information content (AvgIpc) is 3.29. The number of hydrogen-bond acceptors (Lipinski definition) is 7. The van der Waals surface area contributed by atoms with Crippen LogP contribution in [0.15, 0.2) is 65.2 Å². The van der Waals surface area contributed by atoms with Crippen LogP contribution >= 0.6 is 0 Å². The highest BCUT2D eigenvalue weighted by molar-refractivity contribution is 5.94. The quantitative estimate of drug-likeness (QED) is 0.248. The van der Waals surface area contributed by atoms with Crippen molar-refractivity contribution in [3.05, 3.63) is 77.7 Å². The summed E-state index contributed by atoms with van der Waals surface area (Å²) in [7, 11) is 3.16. The third kappa shape index (κ3) is 6.03. The van der Waals surface area contributed by atoms with E-state index in [0.717, 1.165) is 39.1 Å². The number of furan rings is 1. The smallest absolute Gasteiger partial charge is 0.350 e. The molecule has 2 aromatic heterocycles. The molecule has 0 aliphatic rings. The van der Waals surface area contributed by atoms with Crippen LogP contribution in [0.25, 0.3) is 22.1 Å². The van der Waals surface area contributed by atoms with Gasteiger partial charge in [-0.25, -0.2) is 9.78 Å². The standard InChI is InChI=1S/C30H32FN3O5/c1-18(2)27(33-22-11-8-20(9-12-22)30(36)34(4)16-14-26(35)39-31)28-19(3)24-17-21(10-13-25(24)38-28)23-7-6-15-32-29(23)37-5/h6-13,15,17-18,27,33H,14,16H2,1-5H3. The summed E-state index contributed by atoms with van der Waals surface area (Å²) in [6.45, 7) is 6.34. The number of halogens is 1. The maximum Gasteiger partial charge on any atom is 0.350 e. The van der Waals surface area contributed by atoms with Crippen LogP contribution in [0.3, 0.4) is 0 Å². The molecule has 4 aromatic rings. The maximum absolute atomic E-state index is 12.7. The van der Waals surface area contributed by atoms with Gasteiger partial charge in [0.15, 0.2) is 0 Å². The molecule has 0 radical (unpaired) electrons. The van der Waals surface area contributed by atoms with Crippen LogP contribution in [0.4, 0.5) is 10.2 Å². The van der Waals surface area contributed by atoms with E-state index in [2.05, 4.69) is 42.1 Å². The fourth-order valence-electron chi connectivity index (χ4n) is 4.52. The largest absolute Gasteiger partial charge is 0.481 e. The molecule has 0 spiro atoms. The minimum Gasteiger partial charge on any atom is -0.481 e. The lowest BCUT2D eigenvalue weighted by atomic mass is 9.97. The van der Waals surface area contributed by atoms with Crippen molar-refractivity contribution in [2.75, 3.05) is 26.0 Å². The molecule has 1 amide bonds. The number of methoxy groups -OCH3 is 1. The van der Waals surface area contributed by atoms with Gasteiger partial charge in [-0.05, 0) is 66.9 Å². The monoisotopic (exact) mass is 533 g/mol. The Kier molecular flexibility index (Phi) is 8.49. The van der Waals surface area contributed by atoms with Crippen molar-refractivity contribution in [1.82, 2.24) is 9.88 Å². The van der Waals surface area contributed by atoms with E-state index in [4.69, 9.17) is 9.15 Å². The van der Waals surface area contributed by atoms with Gasteiger partial charge in [0.1, 0.15) is 11.3 Å². The molecule has 1 unspecified atom stereocenters. The fourth-order valence-corrected chi connectivity index (χ4v) is 4.52. The number of fused-ring (bicyclic) bond motifs is 1. The molecule has 4 rings (SSSR count). The van der Waals surface area contributed by atoms with Crippen LogP contribution < -0.4 is 10.1 Å². The second-order valence-electron chi connectivity index (χ2n) is 9.73. The number of rotatable bonds is 10. The van der Waals surface area contributed by atoms with Crippen molar-refractivity contribution in [3.8, 4) is 17.0 Å². The van der Waals surface area contributed by atoms with E-state index >= 15 is 0 Å². The lowest BCUT2D eigenvalue weighted by molar-refractivity contribution is -0.183. The molecule has 1 atom stereocenters. The van der Waals surface area contributed by atoms with Gasteiger partial charge >= 0.3 is 5.97 Å². The average molecular weight is 534 g/mol. The SMILES string of the molecule is COc1ncccc1-c1ccc2oc(C(Nc3ccc(C(=O)N(C)CCC(=O)OF)cc3)C(C)C)c(C)c2c1. The topological polar surface area (TPSA) is 93.9 Å². The molecular weight excluding hydrogens is 501 g/mol. The lowest BCUT2D eigenvalue weighted by Crippen LogP contribution is -2.29. The van der Waals surface area contributed by atoms with E-state index in [1.54, 1.807) is 32.5 Å². The summed E-state index contributed by atoms with van der Waals surface area (Å²) in [5.41, 5.74) is 5.02. The van der Waals surface area contributed by atoms with Gasteiger partial charge in [0.05, 0.1) is 19.6 Å². The minimum absolute atomic E-state index is 0.0532. The third-order valence-electron chi connectivity index (χ3n) is 6.74. The number of aromatic nitrogens is 1. The molecule has 204 valence electrons. The summed E-state index contributed by atoms with van der Waals surface area (Å²) in [6.07, 6.45) is 1.48. The first kappa shape index (κ1) is 27.6. The zero-order valence-electron chi connectivity index (χ0n) is 22.7. The molecule has 0 bridgehead atoms. The van der Waals surface area contributed by atoms with Crippen molar-refractivity contribution in [2.45, 2.75) is 33.2 Å². The number of nitrogens with one attached hydrogen (secondary N) is 1. The molecule has 0 saturated carbocycles. The number of carbonyl (C=O) groups is 2. The molecule has 8 nitrogen and oxygen atoms in total. The zero-order chi connectivity index (χ0) is 28.1. The summed E-state index contributed by atoms with van der Waals surface area (Å²) in [5, 5.41) is 4.57. The van der Waals surface area contributed by atoms with Gasteiger partial charge in [-0.15, -0.1) is 0 Å². The normalized spacial score (nSPS) is 11.9. The Morgan fingerprint density at radius 2 is 1.87 bits per heavy atom. The number of nitrogens with zero attached hydrogens (tertiary/aromatic N) is 2. The Morgan fingerprint density at radius 3 is 2.54 bits per heavy atom. The number of carbonyl (C=O) groups excluding carboxylic acids is 2. The van der Waals surface area contributed by atoms with Crippen LogP contribution in [0.1, 0.15) is 48.0 Å². The highest BCUT2D eigenvalue weighted by atomic mass is 19.3. The Bertz CT molecular complexity index is 1470. The van der Waals surface area contributed by atoms with Crippen molar-refractivity contribution >= 4 is 28.5 Å². The molecule has 0 aliphatic heterocycles. The number of hydrogen-bond donors (Lipinski definition) is 1. The Labute approximate surface area is 226 Å². The molecule has 2 aromatic carbocycles. The lowest BCUT2D eigenvalue weighted by Gasteiger charge is -2.23. The number of aryl methyl sites for hydroxylation is 1. The number of anilines is 1. The maximum atomic E-state index is 12.7. The van der Waals surface area contributed by atoms with Gasteiger partial charge < -0.3 is 19.4 Å². The van der Waals surface area contributed by atoms with E-state index in [-0.39, 0.29) is 30.8 Å². The number of ether oxygens (including phenoxy) is 1. The van der Waals surface area contributed by atoms with Gasteiger partial charge in [0, 0.05) is 52.1 Å². The predicted octanol–water partition coefficient (Wildman–Crippen LogP) is 6.51. The van der Waals surface area contributed by atoms with Gasteiger partial charge in [0.2, 0.25) is 5.88 Å². The summed E-state index contributed by atoms with van der Waals surface area (Å²) in [6, 6.07) is 16.9. The van der Waals surface area contributed by atoms with E-state index < -0.39 is 5.97 Å². The second kappa shape index (κ2) is 12.0. The van der Waals surface area contributed by atoms with Crippen LogP contribution in [-0.4, -0.2) is 42.5 Å². The Hall–Kier alpha value is -4.40. The van der Waals surface area contributed by atoms with Crippen LogP contribution in [0.5, 0.6) is 5.88 Å². The summed E-state index contributed by atoms with van der Waals surface area (Å²) in [4.78, 5) is 32.5. The summed E-state index contributed by atoms with van der Waals surface area (Å²) >= 11 is 0. The van der Waals surface area contributed by atoms with E-state index in [1.165, 1.54) is 4.90 Å². The fraction of sp³-hybridized carbons (Fsp3) is 0.300. The Morgan fingerprint density at radius 1 is 1.13 bits per heavy atom. The first-order chi connectivity index (χ1) is 18.7. The minimum atomic E-state index is -1.01. The zero-order valence-corrected chi connectivity index (χ0v) is 22.7. The molecular formula is C30H32FN3O5. The highest BCUT2D eigenvalue weighted by Gasteiger charge is 2.24. The molecule has 0 saturated heterocycles. The molecule has 1 N–H and O–H groups in total. The van der Waals surface area contributed by atoms with Crippen LogP contribution in [0.2, 0.25) is 0 Å². The van der Waals surface area contributed by atoms with Gasteiger partial charge in [-0.2, -0.15) is 0 Å². The summed E-state index contributed by atoms with van der Waals surface area (Å²) in [5.74, 6) is 0.320. The van der Waals surface area contributed by atoms with E-state index in [9.17, 15) is 14.1 Å². The molecule has 0 fully saturated rings. The molecule has 2 heterocycles. The first-order valence-electron chi connectivity index (χ1n) is 12.7. The summed E-state index contributed by atoms with van der Waals surface area (Å²) < 4.78 is 23.7. The highest BCUT2D eigenvalue weighted by Crippen LogP contribution is 2.38. The number of amides is 1. The first-order valence-corrected chi connectivity index (χ1v) is 12.7. The molecule has 9 heteroatoms. The predicted molar refractivity (Wildman–Crippen MR) is 147 cm³/mol. The van der Waals surface area contributed by atoms with Crippen molar-refractivity contribution in [3.63, 3.8) is 0 Å². The van der Waals surface area contributed by atoms with Crippen molar-refractivity contribution < 1.29 is 28.2 Å². The van der Waals surface area contributed by atoms with Gasteiger partial charge in [-0.3, -0.25) is 9.74 Å². The van der Waals surface area contributed by atoms with Gasteiger partial charge in [0.25, 0.3) is 5.91 Å². The van der Waals surface area contributed by atoms with E-state index in [0.29, 0.717) is 11.4 Å².